The zero-order chi connectivity index (χ0) is 18.4. The molecular formula is C16H14F2N2O5. The zero-order valence-corrected chi connectivity index (χ0v) is 13.1. The van der Waals surface area contributed by atoms with Gasteiger partial charge in [-0.1, -0.05) is 0 Å². The molecule has 0 unspecified atom stereocenters. The van der Waals surface area contributed by atoms with E-state index >= 15 is 0 Å². The lowest BCUT2D eigenvalue weighted by Gasteiger charge is -2.09. The van der Waals surface area contributed by atoms with Gasteiger partial charge in [0.15, 0.2) is 0 Å². The Bertz CT molecular complexity index is 818. The van der Waals surface area contributed by atoms with Gasteiger partial charge in [-0.05, 0) is 30.3 Å². The van der Waals surface area contributed by atoms with Crippen LogP contribution in [0.3, 0.4) is 0 Å². The summed E-state index contributed by atoms with van der Waals surface area (Å²) in [5.41, 5.74) is -0.00401. The standard InChI is InChI=1S/C16H14F2N2O5/c1-24-15(23)10-2-7-14(22)20(8-10)9-13(21)19-11-3-5-12(6-4-11)25-16(17)18/h2-8,16H,9H2,1H3,(H,19,21). The number of aromatic nitrogens is 1. The van der Waals surface area contributed by atoms with Crippen LogP contribution in [0.5, 0.6) is 5.75 Å². The van der Waals surface area contributed by atoms with Gasteiger partial charge in [0.05, 0.1) is 12.7 Å². The summed E-state index contributed by atoms with van der Waals surface area (Å²) in [5, 5.41) is 2.50. The maximum atomic E-state index is 12.1. The van der Waals surface area contributed by atoms with Crippen LogP contribution in [0.2, 0.25) is 0 Å². The SMILES string of the molecule is COC(=O)c1ccc(=O)n(CC(=O)Nc2ccc(OC(F)F)cc2)c1. The Morgan fingerprint density at radius 2 is 1.84 bits per heavy atom. The molecule has 0 saturated carbocycles. The maximum absolute atomic E-state index is 12.1. The van der Waals surface area contributed by atoms with Crippen LogP contribution in [0.4, 0.5) is 14.5 Å². The van der Waals surface area contributed by atoms with Gasteiger partial charge >= 0.3 is 12.6 Å². The molecule has 0 spiro atoms. The van der Waals surface area contributed by atoms with Crippen molar-refractivity contribution in [2.75, 3.05) is 12.4 Å². The number of halogens is 2. The van der Waals surface area contributed by atoms with Crippen molar-refractivity contribution < 1.29 is 27.8 Å². The second kappa shape index (κ2) is 8.04. The van der Waals surface area contributed by atoms with E-state index in [4.69, 9.17) is 0 Å². The van der Waals surface area contributed by atoms with Crippen molar-refractivity contribution in [3.05, 3.63) is 58.5 Å². The number of alkyl halides is 2. The second-order valence-corrected chi connectivity index (χ2v) is 4.83. The van der Waals surface area contributed by atoms with E-state index in [9.17, 15) is 23.2 Å². The first-order valence-corrected chi connectivity index (χ1v) is 7.02. The zero-order valence-electron chi connectivity index (χ0n) is 13.1. The average molecular weight is 352 g/mol. The van der Waals surface area contributed by atoms with Crippen LogP contribution in [0, 0.1) is 0 Å². The molecule has 0 atom stereocenters. The minimum Gasteiger partial charge on any atom is -0.465 e. The highest BCUT2D eigenvalue weighted by atomic mass is 19.3. The third kappa shape index (κ3) is 5.13. The summed E-state index contributed by atoms with van der Waals surface area (Å²) in [6.07, 6.45) is 1.22. The number of carbonyl (C=O) groups excluding carboxylic acids is 2. The lowest BCUT2D eigenvalue weighted by atomic mass is 10.3. The fraction of sp³-hybridized carbons (Fsp3) is 0.188. The van der Waals surface area contributed by atoms with Crippen LogP contribution in [-0.4, -0.2) is 30.2 Å². The molecule has 0 saturated heterocycles. The average Bonchev–Trinajstić information content (AvgIpc) is 2.57. The largest absolute Gasteiger partial charge is 0.465 e. The molecule has 132 valence electrons. The van der Waals surface area contributed by atoms with E-state index in [0.29, 0.717) is 5.69 Å². The van der Waals surface area contributed by atoms with Gasteiger partial charge in [-0.15, -0.1) is 0 Å². The number of hydrogen-bond acceptors (Lipinski definition) is 5. The molecular weight excluding hydrogens is 338 g/mol. The van der Waals surface area contributed by atoms with Crippen LogP contribution in [-0.2, 0) is 16.1 Å². The summed E-state index contributed by atoms with van der Waals surface area (Å²) >= 11 is 0. The van der Waals surface area contributed by atoms with Gasteiger partial charge in [-0.3, -0.25) is 9.59 Å². The van der Waals surface area contributed by atoms with Crippen molar-refractivity contribution in [2.45, 2.75) is 13.2 Å². The molecule has 25 heavy (non-hydrogen) atoms. The molecule has 1 amide bonds. The molecule has 1 aromatic carbocycles. The molecule has 0 aliphatic carbocycles. The fourth-order valence-corrected chi connectivity index (χ4v) is 1.97. The van der Waals surface area contributed by atoms with Gasteiger partial charge in [0.2, 0.25) is 5.91 Å². The van der Waals surface area contributed by atoms with Crippen molar-refractivity contribution in [3.63, 3.8) is 0 Å². The number of carbonyl (C=O) groups is 2. The molecule has 1 N–H and O–H groups in total. The topological polar surface area (TPSA) is 86.6 Å². The van der Waals surface area contributed by atoms with Gasteiger partial charge < -0.3 is 19.4 Å². The number of rotatable bonds is 6. The highest BCUT2D eigenvalue weighted by Crippen LogP contribution is 2.17. The molecule has 0 aliphatic heterocycles. The molecule has 1 aromatic heterocycles. The Morgan fingerprint density at radius 3 is 2.44 bits per heavy atom. The fourth-order valence-electron chi connectivity index (χ4n) is 1.97. The predicted octanol–water partition coefficient (Wildman–Crippen LogP) is 1.87. The molecule has 2 rings (SSSR count). The number of benzene rings is 1. The van der Waals surface area contributed by atoms with E-state index in [2.05, 4.69) is 14.8 Å². The van der Waals surface area contributed by atoms with E-state index < -0.39 is 24.0 Å². The number of ether oxygens (including phenoxy) is 2. The lowest BCUT2D eigenvalue weighted by molar-refractivity contribution is -0.116. The third-order valence-electron chi connectivity index (χ3n) is 3.08. The normalized spacial score (nSPS) is 10.4. The molecule has 0 radical (unpaired) electrons. The van der Waals surface area contributed by atoms with E-state index in [0.717, 1.165) is 10.6 Å². The van der Waals surface area contributed by atoms with Crippen molar-refractivity contribution >= 4 is 17.6 Å². The number of anilines is 1. The molecule has 0 bridgehead atoms. The summed E-state index contributed by atoms with van der Waals surface area (Å²) in [5.74, 6) is -1.22. The van der Waals surface area contributed by atoms with Gasteiger partial charge in [-0.25, -0.2) is 4.79 Å². The first-order valence-electron chi connectivity index (χ1n) is 7.02. The molecule has 7 nitrogen and oxygen atoms in total. The summed E-state index contributed by atoms with van der Waals surface area (Å²) in [7, 11) is 1.20. The Hall–Kier alpha value is -3.23. The minimum atomic E-state index is -2.94. The monoisotopic (exact) mass is 352 g/mol. The number of methoxy groups -OCH3 is 1. The Labute approximate surface area is 140 Å². The Morgan fingerprint density at radius 1 is 1.16 bits per heavy atom. The maximum Gasteiger partial charge on any atom is 0.387 e. The molecule has 9 heteroatoms. The number of amides is 1. The molecule has 2 aromatic rings. The molecule has 0 fully saturated rings. The first kappa shape index (κ1) is 18.1. The van der Waals surface area contributed by atoms with Crippen molar-refractivity contribution in [2.24, 2.45) is 0 Å². The lowest BCUT2D eigenvalue weighted by Crippen LogP contribution is -2.27. The smallest absolute Gasteiger partial charge is 0.387 e. The number of nitrogens with one attached hydrogen (secondary N) is 1. The van der Waals surface area contributed by atoms with Crippen LogP contribution >= 0.6 is 0 Å². The Kier molecular flexibility index (Phi) is 5.83. The summed E-state index contributed by atoms with van der Waals surface area (Å²) in [6, 6.07) is 7.74. The van der Waals surface area contributed by atoms with Crippen LogP contribution in [0.1, 0.15) is 10.4 Å². The summed E-state index contributed by atoms with van der Waals surface area (Å²) in [6.45, 7) is -3.27. The van der Waals surface area contributed by atoms with Crippen molar-refractivity contribution in [1.82, 2.24) is 4.57 Å². The van der Waals surface area contributed by atoms with Gasteiger partial charge in [0, 0.05) is 18.0 Å². The number of esters is 1. The van der Waals surface area contributed by atoms with E-state index in [1.807, 2.05) is 0 Å². The number of nitrogens with zero attached hydrogens (tertiary/aromatic N) is 1. The van der Waals surface area contributed by atoms with Crippen molar-refractivity contribution in [1.29, 1.82) is 0 Å². The van der Waals surface area contributed by atoms with Crippen LogP contribution in [0.25, 0.3) is 0 Å². The quantitative estimate of drug-likeness (QED) is 0.802. The summed E-state index contributed by atoms with van der Waals surface area (Å²) in [4.78, 5) is 35.2. The third-order valence-corrected chi connectivity index (χ3v) is 3.08. The van der Waals surface area contributed by atoms with Gasteiger partial charge in [-0.2, -0.15) is 8.78 Å². The number of pyridine rings is 1. The Balaban J connectivity index is 2.05. The highest BCUT2D eigenvalue weighted by molar-refractivity contribution is 5.91. The van der Waals surface area contributed by atoms with Crippen molar-refractivity contribution in [3.8, 4) is 5.75 Å². The molecule has 0 aliphatic rings. The highest BCUT2D eigenvalue weighted by Gasteiger charge is 2.10. The van der Waals surface area contributed by atoms with E-state index in [1.165, 1.54) is 43.6 Å². The van der Waals surface area contributed by atoms with Gasteiger partial charge in [0.1, 0.15) is 12.3 Å². The van der Waals surface area contributed by atoms with Crippen LogP contribution < -0.4 is 15.6 Å². The summed E-state index contributed by atoms with van der Waals surface area (Å²) < 4.78 is 33.9. The number of hydrogen-bond donors (Lipinski definition) is 1. The van der Waals surface area contributed by atoms with Crippen LogP contribution in [0.15, 0.2) is 47.4 Å². The van der Waals surface area contributed by atoms with E-state index in [1.54, 1.807) is 0 Å². The molecule has 1 heterocycles. The predicted molar refractivity (Wildman–Crippen MR) is 83.7 cm³/mol. The second-order valence-electron chi connectivity index (χ2n) is 4.83. The van der Waals surface area contributed by atoms with Gasteiger partial charge in [0.25, 0.3) is 5.56 Å². The minimum absolute atomic E-state index is 0.0463. The van der Waals surface area contributed by atoms with E-state index in [-0.39, 0.29) is 17.9 Å². The first-order chi connectivity index (χ1) is 11.9.